The number of rotatable bonds is 2. The quantitative estimate of drug-likeness (QED) is 0.742. The average molecular weight is 192 g/mol. The zero-order chi connectivity index (χ0) is 10.0. The summed E-state index contributed by atoms with van der Waals surface area (Å²) in [4.78, 5) is 22.8. The summed E-state index contributed by atoms with van der Waals surface area (Å²) in [5, 5.41) is 2.92. The highest BCUT2D eigenvalue weighted by Crippen LogP contribution is 2.30. The third kappa shape index (κ3) is 1.71. The van der Waals surface area contributed by atoms with Crippen molar-refractivity contribution in [3.05, 3.63) is 18.5 Å². The Morgan fingerprint density at radius 2 is 2.07 bits per heavy atom. The number of amides is 1. The van der Waals surface area contributed by atoms with E-state index in [9.17, 15) is 4.79 Å². The van der Waals surface area contributed by atoms with Gasteiger partial charge in [0.15, 0.2) is 0 Å². The van der Waals surface area contributed by atoms with Gasteiger partial charge in [0.2, 0.25) is 5.82 Å². The second kappa shape index (κ2) is 3.32. The molecule has 1 amide bonds. The first-order chi connectivity index (χ1) is 6.70. The SMILES string of the molecule is CC1(NC(=O)c2ncncn2)CCC1. The maximum Gasteiger partial charge on any atom is 0.289 e. The molecule has 0 atom stereocenters. The van der Waals surface area contributed by atoms with Crippen molar-refractivity contribution >= 4 is 5.91 Å². The highest BCUT2D eigenvalue weighted by Gasteiger charge is 2.33. The number of carbonyl (C=O) groups is 1. The lowest BCUT2D eigenvalue weighted by atomic mass is 9.78. The molecule has 0 bridgehead atoms. The molecule has 1 N–H and O–H groups in total. The van der Waals surface area contributed by atoms with Gasteiger partial charge < -0.3 is 5.32 Å². The molecule has 0 aromatic carbocycles. The van der Waals surface area contributed by atoms with Crippen molar-refractivity contribution in [3.8, 4) is 0 Å². The molecule has 5 nitrogen and oxygen atoms in total. The van der Waals surface area contributed by atoms with Gasteiger partial charge in [0, 0.05) is 5.54 Å². The number of nitrogens with one attached hydrogen (secondary N) is 1. The number of carbonyl (C=O) groups excluding carboxylic acids is 1. The van der Waals surface area contributed by atoms with Crippen molar-refractivity contribution in [1.29, 1.82) is 0 Å². The van der Waals surface area contributed by atoms with Crippen molar-refractivity contribution in [2.45, 2.75) is 31.7 Å². The van der Waals surface area contributed by atoms with Crippen LogP contribution in [0.5, 0.6) is 0 Å². The predicted octanol–water partition coefficient (Wildman–Crippen LogP) is 0.544. The van der Waals surface area contributed by atoms with E-state index >= 15 is 0 Å². The minimum atomic E-state index is -0.213. The first kappa shape index (κ1) is 9.05. The van der Waals surface area contributed by atoms with Gasteiger partial charge in [0.25, 0.3) is 5.91 Å². The van der Waals surface area contributed by atoms with Gasteiger partial charge >= 0.3 is 0 Å². The lowest BCUT2D eigenvalue weighted by Crippen LogP contribution is -2.51. The Balaban J connectivity index is 2.03. The fraction of sp³-hybridized carbons (Fsp3) is 0.556. The molecular formula is C9H12N4O. The van der Waals surface area contributed by atoms with Gasteiger partial charge in [0.1, 0.15) is 12.7 Å². The van der Waals surface area contributed by atoms with Crippen molar-refractivity contribution in [2.24, 2.45) is 0 Å². The second-order valence-corrected chi connectivity index (χ2v) is 3.83. The van der Waals surface area contributed by atoms with Crippen LogP contribution >= 0.6 is 0 Å². The van der Waals surface area contributed by atoms with Crippen LogP contribution in [0.2, 0.25) is 0 Å². The van der Waals surface area contributed by atoms with Gasteiger partial charge in [-0.25, -0.2) is 15.0 Å². The van der Waals surface area contributed by atoms with Crippen LogP contribution in [-0.2, 0) is 0 Å². The fourth-order valence-corrected chi connectivity index (χ4v) is 1.52. The molecule has 2 rings (SSSR count). The highest BCUT2D eigenvalue weighted by molar-refractivity contribution is 5.90. The fourth-order valence-electron chi connectivity index (χ4n) is 1.52. The Morgan fingerprint density at radius 3 is 2.57 bits per heavy atom. The first-order valence-electron chi connectivity index (χ1n) is 4.64. The van der Waals surface area contributed by atoms with E-state index in [0.717, 1.165) is 12.8 Å². The van der Waals surface area contributed by atoms with E-state index in [2.05, 4.69) is 20.3 Å². The number of hydrogen-bond donors (Lipinski definition) is 1. The van der Waals surface area contributed by atoms with Crippen LogP contribution in [-0.4, -0.2) is 26.4 Å². The molecule has 5 heteroatoms. The Hall–Kier alpha value is -1.52. The maximum atomic E-state index is 11.6. The van der Waals surface area contributed by atoms with E-state index < -0.39 is 0 Å². The van der Waals surface area contributed by atoms with Crippen LogP contribution < -0.4 is 5.32 Å². The van der Waals surface area contributed by atoms with Crippen molar-refractivity contribution in [2.75, 3.05) is 0 Å². The molecule has 1 heterocycles. The van der Waals surface area contributed by atoms with E-state index in [0.29, 0.717) is 0 Å². The van der Waals surface area contributed by atoms with Crippen LogP contribution in [0.1, 0.15) is 36.8 Å². The summed E-state index contributed by atoms with van der Waals surface area (Å²) in [6.45, 7) is 2.04. The third-order valence-electron chi connectivity index (χ3n) is 2.57. The summed E-state index contributed by atoms with van der Waals surface area (Å²) < 4.78 is 0. The largest absolute Gasteiger partial charge is 0.344 e. The minimum Gasteiger partial charge on any atom is -0.344 e. The smallest absolute Gasteiger partial charge is 0.289 e. The molecule has 1 aromatic rings. The van der Waals surface area contributed by atoms with Crippen molar-refractivity contribution in [3.63, 3.8) is 0 Å². The van der Waals surface area contributed by atoms with Gasteiger partial charge in [0.05, 0.1) is 0 Å². The topological polar surface area (TPSA) is 67.8 Å². The summed E-state index contributed by atoms with van der Waals surface area (Å²) in [5.74, 6) is -0.0253. The Morgan fingerprint density at radius 1 is 1.43 bits per heavy atom. The molecular weight excluding hydrogens is 180 g/mol. The minimum absolute atomic E-state index is 0.0519. The van der Waals surface area contributed by atoms with E-state index in [1.807, 2.05) is 6.92 Å². The molecule has 1 aliphatic carbocycles. The Labute approximate surface area is 82.0 Å². The third-order valence-corrected chi connectivity index (χ3v) is 2.57. The average Bonchev–Trinajstić information content (AvgIpc) is 2.17. The van der Waals surface area contributed by atoms with E-state index in [-0.39, 0.29) is 17.3 Å². The lowest BCUT2D eigenvalue weighted by molar-refractivity contribution is 0.0839. The zero-order valence-corrected chi connectivity index (χ0v) is 8.03. The summed E-state index contributed by atoms with van der Waals surface area (Å²) in [7, 11) is 0. The van der Waals surface area contributed by atoms with Gasteiger partial charge in [-0.2, -0.15) is 0 Å². The molecule has 74 valence electrons. The molecule has 0 unspecified atom stereocenters. The predicted molar refractivity (Wildman–Crippen MR) is 49.5 cm³/mol. The molecule has 0 radical (unpaired) electrons. The highest BCUT2D eigenvalue weighted by atomic mass is 16.2. The molecule has 0 saturated heterocycles. The number of hydrogen-bond acceptors (Lipinski definition) is 4. The molecule has 14 heavy (non-hydrogen) atoms. The van der Waals surface area contributed by atoms with E-state index in [1.165, 1.54) is 19.1 Å². The maximum absolute atomic E-state index is 11.6. The molecule has 1 aliphatic rings. The standard InChI is InChI=1S/C9H12N4O/c1-9(3-2-4-9)13-8(14)7-11-5-10-6-12-7/h5-6H,2-4H2,1H3,(H,13,14). The lowest BCUT2D eigenvalue weighted by Gasteiger charge is -2.38. The van der Waals surface area contributed by atoms with Crippen LogP contribution in [0.4, 0.5) is 0 Å². The number of nitrogens with zero attached hydrogens (tertiary/aromatic N) is 3. The monoisotopic (exact) mass is 192 g/mol. The van der Waals surface area contributed by atoms with Gasteiger partial charge in [-0.1, -0.05) is 0 Å². The summed E-state index contributed by atoms with van der Waals surface area (Å²) >= 11 is 0. The van der Waals surface area contributed by atoms with Gasteiger partial charge in [-0.3, -0.25) is 4.79 Å². The molecule has 0 aliphatic heterocycles. The Kier molecular flexibility index (Phi) is 2.15. The second-order valence-electron chi connectivity index (χ2n) is 3.83. The van der Waals surface area contributed by atoms with Crippen LogP contribution in [0.25, 0.3) is 0 Å². The van der Waals surface area contributed by atoms with Gasteiger partial charge in [-0.15, -0.1) is 0 Å². The van der Waals surface area contributed by atoms with Crippen LogP contribution in [0.15, 0.2) is 12.7 Å². The molecule has 1 aromatic heterocycles. The molecule has 1 saturated carbocycles. The van der Waals surface area contributed by atoms with E-state index in [1.54, 1.807) is 0 Å². The van der Waals surface area contributed by atoms with E-state index in [4.69, 9.17) is 0 Å². The summed E-state index contributed by atoms with van der Waals surface area (Å²) in [6, 6.07) is 0. The van der Waals surface area contributed by atoms with Crippen molar-refractivity contribution in [1.82, 2.24) is 20.3 Å². The summed E-state index contributed by atoms with van der Waals surface area (Å²) in [5.41, 5.74) is -0.0519. The van der Waals surface area contributed by atoms with Crippen molar-refractivity contribution < 1.29 is 4.79 Å². The molecule has 0 spiro atoms. The first-order valence-corrected chi connectivity index (χ1v) is 4.64. The normalized spacial score (nSPS) is 18.4. The Bertz CT molecular complexity index is 334. The zero-order valence-electron chi connectivity index (χ0n) is 8.03. The van der Waals surface area contributed by atoms with Crippen LogP contribution in [0, 0.1) is 0 Å². The summed E-state index contributed by atoms with van der Waals surface area (Å²) in [6.07, 6.45) is 5.89. The van der Waals surface area contributed by atoms with Gasteiger partial charge in [-0.05, 0) is 26.2 Å². The van der Waals surface area contributed by atoms with Crippen LogP contribution in [0.3, 0.4) is 0 Å². The molecule has 1 fully saturated rings. The number of aromatic nitrogens is 3.